The molecule has 1 saturated heterocycles. The first-order valence-electron chi connectivity index (χ1n) is 9.34. The molecule has 2 aromatic carbocycles. The van der Waals surface area contributed by atoms with Gasteiger partial charge < -0.3 is 14.9 Å². The predicted molar refractivity (Wildman–Crippen MR) is 105 cm³/mol. The van der Waals surface area contributed by atoms with E-state index in [2.05, 4.69) is 0 Å². The Hall–Kier alpha value is -2.43. The van der Waals surface area contributed by atoms with Gasteiger partial charge in [0.25, 0.3) is 0 Å². The summed E-state index contributed by atoms with van der Waals surface area (Å²) in [5.74, 6) is -0.551. The number of benzene rings is 2. The predicted octanol–water partition coefficient (Wildman–Crippen LogP) is 3.38. The molecule has 0 aliphatic carbocycles. The van der Waals surface area contributed by atoms with Crippen molar-refractivity contribution in [1.29, 1.82) is 0 Å². The highest BCUT2D eigenvalue weighted by Crippen LogP contribution is 2.37. The Morgan fingerprint density at radius 3 is 2.41 bits per heavy atom. The van der Waals surface area contributed by atoms with E-state index in [0.29, 0.717) is 12.8 Å². The number of cyclic esters (lactones) is 1. The van der Waals surface area contributed by atoms with Gasteiger partial charge in [-0.2, -0.15) is 0 Å². The molecule has 2 N–H and O–H groups in total. The first kappa shape index (κ1) is 19.3. The molecule has 0 aromatic heterocycles. The molecule has 1 heterocycles. The van der Waals surface area contributed by atoms with Gasteiger partial charge >= 0.3 is 5.97 Å². The molecule has 4 heteroatoms. The molecule has 4 nitrogen and oxygen atoms in total. The summed E-state index contributed by atoms with van der Waals surface area (Å²) in [4.78, 5) is 12.6. The van der Waals surface area contributed by atoms with Crippen LogP contribution in [0, 0.1) is 5.41 Å². The van der Waals surface area contributed by atoms with Gasteiger partial charge in [0.1, 0.15) is 11.5 Å². The lowest BCUT2D eigenvalue weighted by Gasteiger charge is -2.41. The number of aliphatic hydroxyl groups is 2. The van der Waals surface area contributed by atoms with Gasteiger partial charge in [-0.3, -0.25) is 4.79 Å². The summed E-state index contributed by atoms with van der Waals surface area (Å²) in [6.45, 7) is 1.56. The number of aryl methyl sites for hydroxylation is 1. The van der Waals surface area contributed by atoms with Crippen molar-refractivity contribution in [2.75, 3.05) is 0 Å². The van der Waals surface area contributed by atoms with Crippen LogP contribution in [0.4, 0.5) is 0 Å². The molecule has 0 saturated carbocycles. The van der Waals surface area contributed by atoms with Crippen molar-refractivity contribution in [3.63, 3.8) is 0 Å². The van der Waals surface area contributed by atoms with Crippen LogP contribution < -0.4 is 0 Å². The van der Waals surface area contributed by atoms with Gasteiger partial charge in [0, 0.05) is 6.42 Å². The van der Waals surface area contributed by atoms with Crippen LogP contribution in [-0.4, -0.2) is 34.5 Å². The van der Waals surface area contributed by atoms with E-state index in [0.717, 1.165) is 12.0 Å². The Labute approximate surface area is 160 Å². The first-order chi connectivity index (χ1) is 13.0. The van der Waals surface area contributed by atoms with E-state index in [4.69, 9.17) is 4.74 Å². The molecule has 1 aliphatic heterocycles. The number of esters is 1. The van der Waals surface area contributed by atoms with E-state index in [-0.39, 0.29) is 6.10 Å². The number of carbonyl (C=O) groups excluding carboxylic acids is 1. The van der Waals surface area contributed by atoms with Crippen LogP contribution in [0.15, 0.2) is 66.7 Å². The lowest BCUT2D eigenvalue weighted by Crippen LogP contribution is -2.55. The van der Waals surface area contributed by atoms with E-state index >= 15 is 0 Å². The van der Waals surface area contributed by atoms with Gasteiger partial charge in [-0.25, -0.2) is 0 Å². The molecule has 4 atom stereocenters. The van der Waals surface area contributed by atoms with Gasteiger partial charge in [0.05, 0.1) is 12.2 Å². The second-order valence-electron chi connectivity index (χ2n) is 7.30. The van der Waals surface area contributed by atoms with Crippen LogP contribution >= 0.6 is 0 Å². The highest BCUT2D eigenvalue weighted by Gasteiger charge is 2.51. The number of rotatable bonds is 6. The van der Waals surface area contributed by atoms with Crippen molar-refractivity contribution < 1.29 is 19.7 Å². The summed E-state index contributed by atoms with van der Waals surface area (Å²) in [5.41, 5.74) is 0.718. The second kappa shape index (κ2) is 8.51. The third-order valence-electron chi connectivity index (χ3n) is 5.37. The Morgan fingerprint density at radius 2 is 1.78 bits per heavy atom. The minimum Gasteiger partial charge on any atom is -0.462 e. The maximum atomic E-state index is 12.6. The van der Waals surface area contributed by atoms with Crippen molar-refractivity contribution >= 4 is 12.0 Å². The van der Waals surface area contributed by atoms with Gasteiger partial charge in [-0.05, 0) is 30.9 Å². The quantitative estimate of drug-likeness (QED) is 0.769. The van der Waals surface area contributed by atoms with E-state index in [1.54, 1.807) is 19.1 Å². The van der Waals surface area contributed by atoms with E-state index < -0.39 is 23.6 Å². The molecule has 142 valence electrons. The molecule has 3 rings (SSSR count). The summed E-state index contributed by atoms with van der Waals surface area (Å²) in [6, 6.07) is 19.5. The molecule has 0 spiro atoms. The fourth-order valence-electron chi connectivity index (χ4n) is 3.39. The maximum Gasteiger partial charge on any atom is 0.317 e. The van der Waals surface area contributed by atoms with Crippen LogP contribution in [0.1, 0.15) is 30.9 Å². The van der Waals surface area contributed by atoms with Crippen LogP contribution in [-0.2, 0) is 16.0 Å². The van der Waals surface area contributed by atoms with Crippen molar-refractivity contribution in [1.82, 2.24) is 0 Å². The zero-order valence-corrected chi connectivity index (χ0v) is 15.5. The molecule has 0 radical (unpaired) electrons. The monoisotopic (exact) mass is 366 g/mol. The molecular weight excluding hydrogens is 340 g/mol. The Kier molecular flexibility index (Phi) is 6.09. The van der Waals surface area contributed by atoms with Crippen molar-refractivity contribution in [3.8, 4) is 0 Å². The van der Waals surface area contributed by atoms with Gasteiger partial charge in [-0.1, -0.05) is 72.8 Å². The molecule has 1 aliphatic rings. The van der Waals surface area contributed by atoms with Crippen molar-refractivity contribution in [2.45, 2.75) is 44.5 Å². The third-order valence-corrected chi connectivity index (χ3v) is 5.37. The number of carbonyl (C=O) groups is 1. The second-order valence-corrected chi connectivity index (χ2v) is 7.30. The number of aliphatic hydroxyl groups excluding tert-OH is 2. The van der Waals surface area contributed by atoms with Crippen molar-refractivity contribution in [3.05, 3.63) is 77.9 Å². The molecule has 0 amide bonds. The van der Waals surface area contributed by atoms with Gasteiger partial charge in [-0.15, -0.1) is 0 Å². The van der Waals surface area contributed by atoms with Crippen molar-refractivity contribution in [2.24, 2.45) is 5.41 Å². The standard InChI is InChI=1S/C23H26O4/c1-23(20(24)15-13-18-10-6-3-7-11-18)21(25)16-19(27-22(23)26)14-12-17-8-4-2-5-9-17/h2-11,13,15,19-21,24-25H,12,14,16H2,1H3. The van der Waals surface area contributed by atoms with Gasteiger partial charge in [0.2, 0.25) is 0 Å². The Bertz CT molecular complexity index is 771. The zero-order chi connectivity index (χ0) is 19.3. The Morgan fingerprint density at radius 1 is 1.15 bits per heavy atom. The minimum absolute atomic E-state index is 0.325. The maximum absolute atomic E-state index is 12.6. The summed E-state index contributed by atoms with van der Waals surface area (Å²) >= 11 is 0. The van der Waals surface area contributed by atoms with Crippen LogP contribution in [0.2, 0.25) is 0 Å². The van der Waals surface area contributed by atoms with Crippen LogP contribution in [0.3, 0.4) is 0 Å². The molecule has 0 bridgehead atoms. The number of hydrogen-bond acceptors (Lipinski definition) is 4. The minimum atomic E-state index is -1.37. The van der Waals surface area contributed by atoms with E-state index in [9.17, 15) is 15.0 Å². The lowest BCUT2D eigenvalue weighted by atomic mass is 9.74. The number of ether oxygens (including phenoxy) is 1. The molecule has 2 aromatic rings. The largest absolute Gasteiger partial charge is 0.462 e. The van der Waals surface area contributed by atoms with Gasteiger partial charge in [0.15, 0.2) is 0 Å². The summed E-state index contributed by atoms with van der Waals surface area (Å²) in [6.07, 6.45) is 2.61. The highest BCUT2D eigenvalue weighted by atomic mass is 16.6. The zero-order valence-electron chi connectivity index (χ0n) is 15.5. The Balaban J connectivity index is 1.63. The first-order valence-corrected chi connectivity index (χ1v) is 9.34. The van der Waals surface area contributed by atoms with Crippen LogP contribution in [0.25, 0.3) is 6.08 Å². The number of hydrogen-bond donors (Lipinski definition) is 2. The average Bonchev–Trinajstić information content (AvgIpc) is 2.70. The van der Waals surface area contributed by atoms with E-state index in [1.165, 1.54) is 5.56 Å². The molecular formula is C23H26O4. The fourth-order valence-corrected chi connectivity index (χ4v) is 3.39. The molecule has 1 fully saturated rings. The average molecular weight is 366 g/mol. The summed E-state index contributed by atoms with van der Waals surface area (Å²) < 4.78 is 5.57. The lowest BCUT2D eigenvalue weighted by molar-refractivity contribution is -0.193. The van der Waals surface area contributed by atoms with E-state index in [1.807, 2.05) is 60.7 Å². The smallest absolute Gasteiger partial charge is 0.317 e. The third kappa shape index (κ3) is 4.46. The SMILES string of the molecule is CC1(C(O)C=Cc2ccccc2)C(=O)OC(CCc2ccccc2)CC1O. The topological polar surface area (TPSA) is 66.8 Å². The highest BCUT2D eigenvalue weighted by molar-refractivity contribution is 5.79. The molecule has 4 unspecified atom stereocenters. The fraction of sp³-hybridized carbons (Fsp3) is 0.348. The van der Waals surface area contributed by atoms with Crippen LogP contribution in [0.5, 0.6) is 0 Å². The summed E-state index contributed by atoms with van der Waals surface area (Å²) in [7, 11) is 0. The molecule has 27 heavy (non-hydrogen) atoms. The normalized spacial score (nSPS) is 26.7. The summed E-state index contributed by atoms with van der Waals surface area (Å²) in [5, 5.41) is 21.2.